The molecule has 4 bridgehead atoms. The number of aromatic nitrogens is 1. The van der Waals surface area contributed by atoms with Crippen LogP contribution in [0.1, 0.15) is 50.6 Å². The molecule has 180 valence electrons. The number of pyridine rings is 1. The maximum absolute atomic E-state index is 13.1. The molecule has 2 atom stereocenters. The number of nitrogens with zero attached hydrogens (tertiary/aromatic N) is 1. The number of alkyl halides is 3. The van der Waals surface area contributed by atoms with Crippen LogP contribution in [-0.2, 0) is 25.8 Å². The number of carbonyl (C=O) groups excluding carboxylic acids is 2. The third-order valence-electron chi connectivity index (χ3n) is 7.95. The highest BCUT2D eigenvalue weighted by molar-refractivity contribution is 7.89. The molecule has 33 heavy (non-hydrogen) atoms. The smallest absolute Gasteiger partial charge is 0.369 e. The molecule has 5 aliphatic carbocycles. The fourth-order valence-electron chi connectivity index (χ4n) is 6.37. The van der Waals surface area contributed by atoms with Crippen molar-refractivity contribution in [1.29, 1.82) is 0 Å². The number of nitrogens with two attached hydrogens (primary N) is 1. The summed E-state index contributed by atoms with van der Waals surface area (Å²) in [6, 6.07) is 1.28. The van der Waals surface area contributed by atoms with Gasteiger partial charge in [0, 0.05) is 17.7 Å². The minimum Gasteiger partial charge on any atom is -0.369 e. The minimum atomic E-state index is -4.68. The van der Waals surface area contributed by atoms with E-state index in [4.69, 9.17) is 5.73 Å². The number of hydrogen-bond donors (Lipinski definition) is 3. The summed E-state index contributed by atoms with van der Waals surface area (Å²) in [6.07, 6.45) is 0.440. The second kappa shape index (κ2) is 7.14. The predicted octanol–water partition coefficient (Wildman–Crippen LogP) is 1.71. The van der Waals surface area contributed by atoms with Crippen LogP contribution < -0.4 is 15.8 Å². The van der Waals surface area contributed by atoms with Crippen molar-refractivity contribution < 1.29 is 31.2 Å². The van der Waals surface area contributed by atoms with Crippen molar-refractivity contribution in [3.05, 3.63) is 24.0 Å². The van der Waals surface area contributed by atoms with Gasteiger partial charge in [-0.25, -0.2) is 8.42 Å². The van der Waals surface area contributed by atoms with Crippen molar-refractivity contribution in [2.75, 3.05) is 0 Å². The Labute approximate surface area is 188 Å². The average Bonchev–Trinajstić information content (AvgIpc) is 3.49. The van der Waals surface area contributed by atoms with E-state index in [-0.39, 0.29) is 23.8 Å². The van der Waals surface area contributed by atoms with E-state index in [1.807, 2.05) is 0 Å². The number of sulfonamides is 1. The van der Waals surface area contributed by atoms with Gasteiger partial charge in [-0.15, -0.1) is 0 Å². The van der Waals surface area contributed by atoms with E-state index < -0.39 is 43.7 Å². The second-order valence-electron chi connectivity index (χ2n) is 10.2. The molecule has 1 aromatic rings. The predicted molar refractivity (Wildman–Crippen MR) is 109 cm³/mol. The lowest BCUT2D eigenvalue weighted by atomic mass is 9.47. The zero-order chi connectivity index (χ0) is 23.8. The molecular formula is C21H25F3N4O4S. The third-order valence-corrected chi connectivity index (χ3v) is 9.47. The number of rotatable bonds is 6. The number of nitrogens with one attached hydrogen (secondary N) is 2. The van der Waals surface area contributed by atoms with E-state index in [9.17, 15) is 31.2 Å². The summed E-state index contributed by atoms with van der Waals surface area (Å²) < 4.78 is 66.0. The summed E-state index contributed by atoms with van der Waals surface area (Å²) in [5.74, 6) is -0.0399. The lowest BCUT2D eigenvalue weighted by Gasteiger charge is -2.59. The van der Waals surface area contributed by atoms with E-state index in [0.29, 0.717) is 43.9 Å². The fourth-order valence-corrected chi connectivity index (χ4v) is 7.74. The zero-order valence-corrected chi connectivity index (χ0v) is 18.5. The van der Waals surface area contributed by atoms with E-state index in [1.165, 1.54) is 0 Å². The summed E-state index contributed by atoms with van der Waals surface area (Å²) in [5.41, 5.74) is 2.69. The molecule has 2 amide bonds. The third kappa shape index (κ3) is 3.80. The summed E-state index contributed by atoms with van der Waals surface area (Å²) in [6.45, 7) is 0. The molecule has 0 spiro atoms. The van der Waals surface area contributed by atoms with Gasteiger partial charge in [0.25, 0.3) is 0 Å². The number of primary amides is 1. The molecule has 1 aromatic heterocycles. The van der Waals surface area contributed by atoms with Gasteiger partial charge in [-0.3, -0.25) is 14.6 Å². The van der Waals surface area contributed by atoms with Gasteiger partial charge in [-0.05, 0) is 74.8 Å². The number of amides is 2. The van der Waals surface area contributed by atoms with Crippen LogP contribution in [0, 0.1) is 23.2 Å². The highest BCUT2D eigenvalue weighted by atomic mass is 32.2. The fraction of sp³-hybridized carbons (Fsp3) is 0.667. The molecule has 5 saturated carbocycles. The first-order valence-corrected chi connectivity index (χ1v) is 12.5. The Bertz CT molecular complexity index is 1090. The Morgan fingerprint density at radius 1 is 1.09 bits per heavy atom. The molecule has 6 rings (SSSR count). The van der Waals surface area contributed by atoms with Crippen molar-refractivity contribution in [3.63, 3.8) is 0 Å². The van der Waals surface area contributed by atoms with Crippen LogP contribution in [-0.4, -0.2) is 36.8 Å². The van der Waals surface area contributed by atoms with Crippen molar-refractivity contribution >= 4 is 21.8 Å². The standard InChI is InChI=1S/C21H25F3N4O4S/c22-21(23,24)15-2-1-14(10-26-15)33(31,32)28-20(3-4-20)18(30)27-16-12-5-11-6-13(16)9-19(7-11,8-12)17(25)29/h1-2,10-13,16,28H,3-9H2,(H2,25,29)(H,27,30). The van der Waals surface area contributed by atoms with E-state index in [2.05, 4.69) is 15.0 Å². The molecule has 5 fully saturated rings. The van der Waals surface area contributed by atoms with Crippen molar-refractivity contribution in [1.82, 2.24) is 15.0 Å². The largest absolute Gasteiger partial charge is 0.433 e. The first-order chi connectivity index (χ1) is 15.3. The number of carbonyl (C=O) groups is 2. The van der Waals surface area contributed by atoms with Gasteiger partial charge in [0.1, 0.15) is 16.1 Å². The van der Waals surface area contributed by atoms with Crippen LogP contribution in [0.25, 0.3) is 0 Å². The zero-order valence-electron chi connectivity index (χ0n) is 17.7. The summed E-state index contributed by atoms with van der Waals surface area (Å²) >= 11 is 0. The van der Waals surface area contributed by atoms with Crippen molar-refractivity contribution in [3.8, 4) is 0 Å². The molecule has 0 aromatic carbocycles. The van der Waals surface area contributed by atoms with Gasteiger partial charge < -0.3 is 11.1 Å². The lowest BCUT2D eigenvalue weighted by Crippen LogP contribution is -2.63. The van der Waals surface area contributed by atoms with E-state index in [0.717, 1.165) is 25.3 Å². The average molecular weight is 487 g/mol. The van der Waals surface area contributed by atoms with Gasteiger partial charge in [-0.1, -0.05) is 0 Å². The summed E-state index contributed by atoms with van der Waals surface area (Å²) in [7, 11) is -4.25. The monoisotopic (exact) mass is 486 g/mol. The molecular weight excluding hydrogens is 461 g/mol. The Kier molecular flexibility index (Phi) is 4.89. The van der Waals surface area contributed by atoms with Crippen molar-refractivity contribution in [2.24, 2.45) is 28.9 Å². The second-order valence-corrected chi connectivity index (χ2v) is 11.9. The highest BCUT2D eigenvalue weighted by Gasteiger charge is 2.60. The minimum absolute atomic E-state index is 0.124. The van der Waals surface area contributed by atoms with Gasteiger partial charge in [0.2, 0.25) is 21.8 Å². The van der Waals surface area contributed by atoms with Gasteiger partial charge in [0.15, 0.2) is 0 Å². The van der Waals surface area contributed by atoms with E-state index in [1.54, 1.807) is 0 Å². The number of halogens is 3. The van der Waals surface area contributed by atoms with Gasteiger partial charge >= 0.3 is 6.18 Å². The van der Waals surface area contributed by atoms with Crippen LogP contribution in [0.5, 0.6) is 0 Å². The Balaban J connectivity index is 1.29. The topological polar surface area (TPSA) is 131 Å². The first-order valence-electron chi connectivity index (χ1n) is 11.0. The molecule has 2 unspecified atom stereocenters. The van der Waals surface area contributed by atoms with Crippen LogP contribution >= 0.6 is 0 Å². The maximum Gasteiger partial charge on any atom is 0.433 e. The Hall–Kier alpha value is -2.21. The molecule has 0 saturated heterocycles. The van der Waals surface area contributed by atoms with Crippen LogP contribution in [0.4, 0.5) is 13.2 Å². The molecule has 1 heterocycles. The van der Waals surface area contributed by atoms with Crippen molar-refractivity contribution in [2.45, 2.75) is 67.6 Å². The first kappa shape index (κ1) is 22.6. The van der Waals surface area contributed by atoms with E-state index >= 15 is 0 Å². The van der Waals surface area contributed by atoms with Crippen LogP contribution in [0.2, 0.25) is 0 Å². The quantitative estimate of drug-likeness (QED) is 0.563. The Morgan fingerprint density at radius 3 is 2.21 bits per heavy atom. The summed E-state index contributed by atoms with van der Waals surface area (Å²) in [5, 5.41) is 3.04. The van der Waals surface area contributed by atoms with Gasteiger partial charge in [-0.2, -0.15) is 17.9 Å². The Morgan fingerprint density at radius 2 is 1.73 bits per heavy atom. The molecule has 4 N–H and O–H groups in total. The van der Waals surface area contributed by atoms with Crippen LogP contribution in [0.3, 0.4) is 0 Å². The molecule has 0 aliphatic heterocycles. The normalized spacial score (nSPS) is 34.2. The maximum atomic E-state index is 13.1. The highest BCUT2D eigenvalue weighted by Crippen LogP contribution is 2.60. The lowest BCUT2D eigenvalue weighted by molar-refractivity contribution is -0.147. The SMILES string of the molecule is NC(=O)C12CC3CC(C1)C(NC(=O)C1(NS(=O)(=O)c4ccc(C(F)(F)F)nc4)CC1)C(C3)C2. The van der Waals surface area contributed by atoms with Crippen LogP contribution in [0.15, 0.2) is 23.2 Å². The molecule has 8 nitrogen and oxygen atoms in total. The molecule has 0 radical (unpaired) electrons. The summed E-state index contributed by atoms with van der Waals surface area (Å²) in [4.78, 5) is 28.0. The molecule has 12 heteroatoms. The number of hydrogen-bond acceptors (Lipinski definition) is 5. The molecule has 5 aliphatic rings. The van der Waals surface area contributed by atoms with Gasteiger partial charge in [0.05, 0.1) is 0 Å².